The Labute approximate surface area is 193 Å². The van der Waals surface area contributed by atoms with E-state index in [-0.39, 0.29) is 12.2 Å². The van der Waals surface area contributed by atoms with Crippen molar-refractivity contribution in [2.75, 3.05) is 6.61 Å². The number of nitrogens with one attached hydrogen (secondary N) is 3. The molecule has 14 nitrogen and oxygen atoms in total. The van der Waals surface area contributed by atoms with E-state index in [1.165, 1.54) is 24.3 Å². The number of hydrogen-bond donors (Lipinski definition) is 9. The number of carboxylic acids is 2. The van der Waals surface area contributed by atoms with Crippen LogP contribution in [0.4, 0.5) is 0 Å². The van der Waals surface area contributed by atoms with Crippen molar-refractivity contribution in [3.05, 3.63) is 29.8 Å². The molecule has 5 atom stereocenters. The van der Waals surface area contributed by atoms with E-state index >= 15 is 0 Å². The Balaban J connectivity index is 3.08. The molecule has 0 aromatic heterocycles. The van der Waals surface area contributed by atoms with E-state index in [2.05, 4.69) is 10.6 Å². The molecule has 3 amide bonds. The Morgan fingerprint density at radius 1 is 0.912 bits per heavy atom. The first-order valence-corrected chi connectivity index (χ1v) is 10.0. The average molecular weight is 484 g/mol. The van der Waals surface area contributed by atoms with E-state index in [1.54, 1.807) is 0 Å². The number of aromatic hydroxyl groups is 1. The van der Waals surface area contributed by atoms with Crippen LogP contribution >= 0.6 is 0 Å². The molecule has 0 spiro atoms. The molecule has 0 saturated heterocycles. The number of carbonyl (C=O) groups is 5. The van der Waals surface area contributed by atoms with Crippen molar-refractivity contribution in [1.29, 1.82) is 0 Å². The molecule has 0 saturated carbocycles. The fourth-order valence-electron chi connectivity index (χ4n) is 2.73. The number of hydrogen-bond acceptors (Lipinski definition) is 9. The molecule has 0 aliphatic heterocycles. The van der Waals surface area contributed by atoms with Crippen molar-refractivity contribution in [3.8, 4) is 5.75 Å². The number of nitrogens with two attached hydrogens (primary N) is 1. The summed E-state index contributed by atoms with van der Waals surface area (Å²) < 4.78 is 0. The molecule has 0 bridgehead atoms. The van der Waals surface area contributed by atoms with Gasteiger partial charge in [-0.15, -0.1) is 0 Å². The van der Waals surface area contributed by atoms with Crippen molar-refractivity contribution >= 4 is 29.7 Å². The third-order valence-electron chi connectivity index (χ3n) is 4.60. The van der Waals surface area contributed by atoms with Crippen LogP contribution in [-0.2, 0) is 30.4 Å². The summed E-state index contributed by atoms with van der Waals surface area (Å²) in [6, 6.07) is -0.604. The minimum atomic E-state index is -1.82. The number of aliphatic carboxylic acids is 2. The highest BCUT2D eigenvalue weighted by atomic mass is 16.4. The Morgan fingerprint density at radius 2 is 1.47 bits per heavy atom. The molecule has 1 aromatic carbocycles. The minimum absolute atomic E-state index is 0.0451. The second-order valence-electron chi connectivity index (χ2n) is 7.44. The Morgan fingerprint density at radius 3 is 1.94 bits per heavy atom. The van der Waals surface area contributed by atoms with Crippen LogP contribution in [0.5, 0.6) is 5.75 Å². The first-order valence-electron chi connectivity index (χ1n) is 10.0. The number of carboxylic acid groups (broad SMARTS) is 2. The van der Waals surface area contributed by atoms with Gasteiger partial charge in [-0.2, -0.15) is 0 Å². The lowest BCUT2D eigenvalue weighted by Gasteiger charge is -2.26. The molecule has 0 aliphatic carbocycles. The van der Waals surface area contributed by atoms with Crippen LogP contribution in [0, 0.1) is 0 Å². The van der Waals surface area contributed by atoms with Crippen LogP contribution in [0.3, 0.4) is 0 Å². The van der Waals surface area contributed by atoms with Crippen molar-refractivity contribution < 1.29 is 49.5 Å². The van der Waals surface area contributed by atoms with Crippen LogP contribution in [0.2, 0.25) is 0 Å². The summed E-state index contributed by atoms with van der Waals surface area (Å²) in [5, 5.41) is 52.8. The van der Waals surface area contributed by atoms with Gasteiger partial charge in [0.2, 0.25) is 17.7 Å². The van der Waals surface area contributed by atoms with Gasteiger partial charge in [-0.3, -0.25) is 19.2 Å². The monoisotopic (exact) mass is 484 g/mol. The fourth-order valence-corrected chi connectivity index (χ4v) is 2.73. The molecule has 14 heteroatoms. The highest BCUT2D eigenvalue weighted by molar-refractivity contribution is 5.95. The molecule has 34 heavy (non-hydrogen) atoms. The Kier molecular flexibility index (Phi) is 10.9. The SMILES string of the molecule is CC(O)C(NC(=O)C(Cc1ccc(O)cc1)NC(=O)C(N)CO)C(=O)NC(CC(=O)O)C(=O)O. The van der Waals surface area contributed by atoms with Gasteiger partial charge in [-0.05, 0) is 24.6 Å². The summed E-state index contributed by atoms with van der Waals surface area (Å²) in [6.07, 6.45) is -2.62. The maximum Gasteiger partial charge on any atom is 0.326 e. The average Bonchev–Trinajstić information content (AvgIpc) is 2.76. The maximum atomic E-state index is 12.9. The van der Waals surface area contributed by atoms with Gasteiger partial charge in [0.15, 0.2) is 0 Å². The smallest absolute Gasteiger partial charge is 0.326 e. The van der Waals surface area contributed by atoms with Crippen molar-refractivity contribution in [2.24, 2.45) is 5.73 Å². The molecule has 188 valence electrons. The lowest BCUT2D eigenvalue weighted by Crippen LogP contribution is -2.60. The van der Waals surface area contributed by atoms with E-state index in [0.29, 0.717) is 5.56 Å². The lowest BCUT2D eigenvalue weighted by atomic mass is 10.0. The first-order chi connectivity index (χ1) is 15.8. The minimum Gasteiger partial charge on any atom is -0.508 e. The third kappa shape index (κ3) is 9.01. The number of phenolic OH excluding ortho intramolecular Hbond substituents is 1. The largest absolute Gasteiger partial charge is 0.508 e. The van der Waals surface area contributed by atoms with Crippen molar-refractivity contribution in [1.82, 2.24) is 16.0 Å². The number of benzene rings is 1. The summed E-state index contributed by atoms with van der Waals surface area (Å²) in [5.41, 5.74) is 5.95. The van der Waals surface area contributed by atoms with Crippen LogP contribution in [0.25, 0.3) is 0 Å². The number of phenols is 1. The van der Waals surface area contributed by atoms with Gasteiger partial charge in [-0.1, -0.05) is 12.1 Å². The molecule has 0 heterocycles. The highest BCUT2D eigenvalue weighted by Crippen LogP contribution is 2.12. The molecule has 10 N–H and O–H groups in total. The predicted molar refractivity (Wildman–Crippen MR) is 114 cm³/mol. The van der Waals surface area contributed by atoms with Crippen LogP contribution in [0.1, 0.15) is 18.9 Å². The topological polar surface area (TPSA) is 249 Å². The molecule has 0 aliphatic rings. The summed E-state index contributed by atoms with van der Waals surface area (Å²) >= 11 is 0. The van der Waals surface area contributed by atoms with Gasteiger partial charge in [0.05, 0.1) is 19.1 Å². The molecule has 1 aromatic rings. The maximum absolute atomic E-state index is 12.9. The lowest BCUT2D eigenvalue weighted by molar-refractivity contribution is -0.148. The van der Waals surface area contributed by atoms with Gasteiger partial charge in [0.25, 0.3) is 0 Å². The zero-order chi connectivity index (χ0) is 26.0. The van der Waals surface area contributed by atoms with Crippen molar-refractivity contribution in [3.63, 3.8) is 0 Å². The number of carbonyl (C=O) groups excluding carboxylic acids is 3. The second-order valence-corrected chi connectivity index (χ2v) is 7.44. The summed E-state index contributed by atoms with van der Waals surface area (Å²) in [6.45, 7) is 0.422. The first kappa shape index (κ1) is 28.3. The highest BCUT2D eigenvalue weighted by Gasteiger charge is 2.33. The summed E-state index contributed by atoms with van der Waals surface area (Å²) in [7, 11) is 0. The van der Waals surface area contributed by atoms with Crippen LogP contribution in [0.15, 0.2) is 24.3 Å². The van der Waals surface area contributed by atoms with Crippen LogP contribution < -0.4 is 21.7 Å². The fraction of sp³-hybridized carbons (Fsp3) is 0.450. The molecular formula is C20H28N4O10. The summed E-state index contributed by atoms with van der Waals surface area (Å²) in [4.78, 5) is 59.6. The van der Waals surface area contributed by atoms with Gasteiger partial charge < -0.3 is 47.2 Å². The van der Waals surface area contributed by atoms with Gasteiger partial charge in [0, 0.05) is 6.42 Å². The number of rotatable bonds is 13. The number of aliphatic hydroxyl groups is 2. The van der Waals surface area contributed by atoms with E-state index in [4.69, 9.17) is 21.1 Å². The van der Waals surface area contributed by atoms with E-state index in [9.17, 15) is 34.2 Å². The normalized spacial score (nSPS) is 15.2. The molecule has 0 fully saturated rings. The zero-order valence-electron chi connectivity index (χ0n) is 18.2. The molecule has 5 unspecified atom stereocenters. The number of aliphatic hydroxyl groups excluding tert-OH is 2. The van der Waals surface area contributed by atoms with Gasteiger partial charge in [-0.25, -0.2) is 4.79 Å². The Bertz CT molecular complexity index is 890. The summed E-state index contributed by atoms with van der Waals surface area (Å²) in [5.74, 6) is -6.19. The zero-order valence-corrected chi connectivity index (χ0v) is 18.2. The Hall–Kier alpha value is -3.75. The van der Waals surface area contributed by atoms with E-state index < -0.39 is 73.0 Å². The van der Waals surface area contributed by atoms with E-state index in [1.807, 2.05) is 5.32 Å². The van der Waals surface area contributed by atoms with Crippen molar-refractivity contribution in [2.45, 2.75) is 50.0 Å². The van der Waals surface area contributed by atoms with Gasteiger partial charge >= 0.3 is 11.9 Å². The molecule has 1 rings (SSSR count). The second kappa shape index (κ2) is 13.1. The van der Waals surface area contributed by atoms with Gasteiger partial charge in [0.1, 0.15) is 29.9 Å². The molecular weight excluding hydrogens is 456 g/mol. The standard InChI is InChI=1S/C20H28N4O10/c1-9(26)16(19(32)23-14(20(33)34)7-15(28)29)24-18(31)13(22-17(30)12(21)8-25)6-10-2-4-11(27)5-3-10/h2-5,9,12-14,16,25-27H,6-8,21H2,1H3,(H,22,30)(H,23,32)(H,24,31)(H,28,29)(H,33,34). The number of amides is 3. The van der Waals surface area contributed by atoms with Crippen LogP contribution in [-0.4, -0.2) is 92.1 Å². The van der Waals surface area contributed by atoms with E-state index in [0.717, 1.165) is 6.92 Å². The quantitative estimate of drug-likeness (QED) is 0.134. The third-order valence-corrected chi connectivity index (χ3v) is 4.60. The predicted octanol–water partition coefficient (Wildman–Crippen LogP) is -3.35. The molecule has 0 radical (unpaired) electrons.